The summed E-state index contributed by atoms with van der Waals surface area (Å²) in [6.45, 7) is 0. The molecule has 60 nitrogen and oxygen atoms in total. The van der Waals surface area contributed by atoms with Crippen molar-refractivity contribution in [1.29, 1.82) is 0 Å². The van der Waals surface area contributed by atoms with Gasteiger partial charge in [0.15, 0.2) is 0 Å². The Morgan fingerprint density at radius 1 is 0.0286 bits per heavy atom. The molecule has 0 unspecified atom stereocenters. The molecular formula is H75Na45O60. The first-order valence-electron chi connectivity index (χ1n) is 0. The van der Waals surface area contributed by atoms with Gasteiger partial charge in [0.25, 0.3) is 0 Å². The summed E-state index contributed by atoms with van der Waals surface area (Å²) in [6.07, 6.45) is 0. The Morgan fingerprint density at radius 2 is 0.0286 bits per heavy atom. The van der Waals surface area contributed by atoms with Gasteiger partial charge in [0.05, 0.1) is 0 Å². The predicted molar refractivity (Wildman–Crippen MR) is 141 cm³/mol. The van der Waals surface area contributed by atoms with E-state index in [9.17, 15) is 0 Å². The molecule has 0 aromatic heterocycles. The standard InChI is InChI=1S/45Na.60H2O/h;;;;;;;;;;;;;;;;;;;;;;;;;;;;;;;;;;;;;;;;;;;;;60*1H2/q45*+1;;;;;;;;;;;;;;;;;;;;;;;;;;;;;;;;;;;;;;;;;;;;;;;;;;;;;;;;;;;;/p-45. The smallest absolute Gasteiger partial charge is 0.870 e. The summed E-state index contributed by atoms with van der Waals surface area (Å²) >= 11 is 0. The van der Waals surface area contributed by atoms with Crippen molar-refractivity contribution in [3.63, 3.8) is 0 Å². The van der Waals surface area contributed by atoms with Gasteiger partial charge in [-0.3, -0.25) is 0 Å². The van der Waals surface area contributed by atoms with Gasteiger partial charge < -0.3 is 329 Å². The van der Waals surface area contributed by atoms with E-state index in [1.54, 1.807) is 0 Å². The van der Waals surface area contributed by atoms with Crippen LogP contribution in [-0.4, -0.2) is 329 Å². The second-order valence-corrected chi connectivity index (χ2v) is 0. The van der Waals surface area contributed by atoms with Crippen molar-refractivity contribution in [2.45, 2.75) is 0 Å². The fourth-order valence-corrected chi connectivity index (χ4v) is 0. The molecule has 0 aliphatic carbocycles. The third-order valence-corrected chi connectivity index (χ3v) is 0. The summed E-state index contributed by atoms with van der Waals surface area (Å²) in [6, 6.07) is 0. The molecule has 0 saturated heterocycles. The van der Waals surface area contributed by atoms with Crippen LogP contribution in [0.15, 0.2) is 0 Å². The molecule has 75 N–H and O–H groups in total. The number of rotatable bonds is 0. The molecule has 0 spiro atoms. The molecule has 105 heavy (non-hydrogen) atoms. The average molecular weight is 2070 g/mol. The largest absolute Gasteiger partial charge is 1.00 e. The number of hydrogen-bond donors (Lipinski definition) is 0. The van der Waals surface area contributed by atoms with Crippen molar-refractivity contribution in [1.82, 2.24) is 0 Å². The third-order valence-electron chi connectivity index (χ3n) is 0. The van der Waals surface area contributed by atoms with Crippen molar-refractivity contribution in [3.8, 4) is 0 Å². The van der Waals surface area contributed by atoms with E-state index in [-0.39, 0.29) is 1660 Å². The van der Waals surface area contributed by atoms with Crippen molar-refractivity contribution in [3.05, 3.63) is 0 Å². The monoisotopic (exact) mass is 2070 g/mol. The molecule has 0 aromatic carbocycles. The zero-order valence-electron chi connectivity index (χ0n) is 72.6. The maximum atomic E-state index is 0. The normalized spacial score (nSPS) is 0. The zero-order valence-corrected chi connectivity index (χ0v) is 163. The fourth-order valence-electron chi connectivity index (χ4n) is 0. The van der Waals surface area contributed by atoms with Crippen molar-refractivity contribution in [2.75, 3.05) is 0 Å². The average Bonchev–Trinajstić information content (AvgIpc) is 0. The fraction of sp³-hybridized carbons (Fsp3) is 0. The van der Waals surface area contributed by atoms with E-state index in [2.05, 4.69) is 0 Å². The van der Waals surface area contributed by atoms with Crippen LogP contribution in [0.1, 0.15) is 0 Å². The molecule has 0 aliphatic rings. The van der Waals surface area contributed by atoms with E-state index in [0.29, 0.717) is 0 Å². The minimum atomic E-state index is 0. The molecule has 0 bridgehead atoms. The van der Waals surface area contributed by atoms with Crippen molar-refractivity contribution in [2.24, 2.45) is 0 Å². The predicted octanol–water partition coefficient (Wildman–Crippen LogP) is -155. The van der Waals surface area contributed by atoms with Crippen molar-refractivity contribution >= 4 is 0 Å². The van der Waals surface area contributed by atoms with E-state index in [1.807, 2.05) is 0 Å². The van der Waals surface area contributed by atoms with E-state index in [4.69, 9.17) is 0 Å². The molecule has 105 heteroatoms. The Hall–Kier alpha value is 42.6. The Morgan fingerprint density at radius 3 is 0.0286 bits per heavy atom. The quantitative estimate of drug-likeness (QED) is 0.203. The van der Waals surface area contributed by atoms with Gasteiger partial charge in [-0.05, 0) is 0 Å². The van der Waals surface area contributed by atoms with E-state index in [0.717, 1.165) is 0 Å². The van der Waals surface area contributed by atoms with Crippen LogP contribution in [0.3, 0.4) is 0 Å². The second kappa shape index (κ2) is 1710. The van der Waals surface area contributed by atoms with E-state index >= 15 is 0 Å². The van der Waals surface area contributed by atoms with Crippen LogP contribution in [0.4, 0.5) is 0 Å². The first-order chi connectivity index (χ1) is 0. The van der Waals surface area contributed by atoms with Crippen LogP contribution in [-0.2, 0) is 0 Å². The Labute approximate surface area is 1610 Å². The van der Waals surface area contributed by atoms with Crippen molar-refractivity contribution < 1.29 is 1660 Å². The van der Waals surface area contributed by atoms with Gasteiger partial charge in [0.2, 0.25) is 0 Å². The molecule has 0 fully saturated rings. The van der Waals surface area contributed by atoms with Crippen LogP contribution in [0.5, 0.6) is 0 Å². The van der Waals surface area contributed by atoms with Gasteiger partial charge in [-0.2, -0.15) is 0 Å². The zero-order chi connectivity index (χ0) is 0. The van der Waals surface area contributed by atoms with Crippen LogP contribution >= 0.6 is 0 Å². The van der Waals surface area contributed by atoms with Gasteiger partial charge in [-0.25, -0.2) is 0 Å². The molecule has 0 radical (unpaired) electrons. The summed E-state index contributed by atoms with van der Waals surface area (Å²) in [4.78, 5) is 0. The van der Waals surface area contributed by atoms with Crippen LogP contribution in [0.25, 0.3) is 0 Å². The summed E-state index contributed by atoms with van der Waals surface area (Å²) in [5.41, 5.74) is 0. The summed E-state index contributed by atoms with van der Waals surface area (Å²) < 4.78 is 0. The Kier molecular flexibility index (Phi) is 28500. The molecule has 0 aromatic rings. The molecule has 0 saturated carbocycles. The summed E-state index contributed by atoms with van der Waals surface area (Å²) in [7, 11) is 0. The van der Waals surface area contributed by atoms with Gasteiger partial charge >= 0.3 is 1330 Å². The van der Waals surface area contributed by atoms with E-state index in [1.165, 1.54) is 0 Å². The van der Waals surface area contributed by atoms with Gasteiger partial charge in [0, 0.05) is 0 Å². The molecular weight excluding hydrogens is 1990 g/mol. The maximum absolute atomic E-state index is 0. The molecule has 0 heterocycles. The van der Waals surface area contributed by atoms with Crippen LogP contribution in [0.2, 0.25) is 0 Å². The molecule has 0 amide bonds. The minimum Gasteiger partial charge on any atom is -0.870 e. The molecule has 0 aliphatic heterocycles. The van der Waals surface area contributed by atoms with Gasteiger partial charge in [0.1, 0.15) is 0 Å². The molecule has 0 atom stereocenters. The molecule has 0 rings (SSSR count). The minimum absolute atomic E-state index is 0. The number of hydrogen-bond acceptors (Lipinski definition) is 45. The second-order valence-electron chi connectivity index (χ2n) is 0. The first-order valence-corrected chi connectivity index (χ1v) is 0. The Balaban J connectivity index is 0. The third kappa shape index (κ3) is 1690. The maximum Gasteiger partial charge on any atom is 1.00 e. The summed E-state index contributed by atoms with van der Waals surface area (Å²) in [5.74, 6) is 0. The SMILES string of the molecule is O.O.O.O.O.O.O.O.O.O.O.O.O.O.O.[Na+].[Na+].[Na+].[Na+].[Na+].[Na+].[Na+].[Na+].[Na+].[Na+].[Na+].[Na+].[Na+].[Na+].[Na+].[Na+].[Na+].[Na+].[Na+].[Na+].[Na+].[Na+].[Na+].[Na+].[Na+].[Na+].[Na+].[Na+].[Na+].[Na+].[Na+].[Na+].[Na+].[Na+].[Na+].[Na+].[Na+].[Na+].[Na+].[Na+].[Na+].[Na+].[Na+].[Na+].[Na+].[OH-].[OH-].[OH-].[OH-].[OH-].[OH-].[OH-].[OH-].[OH-].[OH-].[OH-].[OH-].[OH-].[OH-].[OH-].[OH-].[OH-].[OH-].[OH-].[OH-].[OH-].[OH-].[OH-].[OH-].[OH-].[OH-].[OH-].[OH-].[OH-].[OH-].[OH-].[OH-].[OH-].[OH-].[OH-].[OH-].[OH-].[OH-].[OH-].[OH-].[OH-].[OH-].[OH-].[OH-].[OH-]. The van der Waals surface area contributed by atoms with Crippen LogP contribution < -0.4 is 1330 Å². The van der Waals surface area contributed by atoms with Gasteiger partial charge in [-0.1, -0.05) is 0 Å². The summed E-state index contributed by atoms with van der Waals surface area (Å²) in [5, 5.41) is 0. The first kappa shape index (κ1) is 1750. The topological polar surface area (TPSA) is 1820 Å². The van der Waals surface area contributed by atoms with Gasteiger partial charge in [-0.15, -0.1) is 0 Å². The Bertz CT molecular complexity index is 103. The van der Waals surface area contributed by atoms with Crippen LogP contribution in [0, 0.1) is 0 Å². The molecule has 480 valence electrons. The van der Waals surface area contributed by atoms with E-state index < -0.39 is 0 Å².